The van der Waals surface area contributed by atoms with Gasteiger partial charge < -0.3 is 15.4 Å². The highest BCUT2D eigenvalue weighted by Gasteiger charge is 2.40. The van der Waals surface area contributed by atoms with Gasteiger partial charge in [0.1, 0.15) is 5.69 Å². The zero-order valence-corrected chi connectivity index (χ0v) is 21.9. The summed E-state index contributed by atoms with van der Waals surface area (Å²) < 4.78 is 21.9. The molecule has 0 radical (unpaired) electrons. The third-order valence-electron chi connectivity index (χ3n) is 6.79. The van der Waals surface area contributed by atoms with Gasteiger partial charge >= 0.3 is 6.03 Å². The Morgan fingerprint density at radius 1 is 1.05 bits per heavy atom. The molecule has 0 saturated carbocycles. The second kappa shape index (κ2) is 10.3. The third kappa shape index (κ3) is 4.61. The number of nitrogens with two attached hydrogens (primary N) is 1. The van der Waals surface area contributed by atoms with Crippen molar-refractivity contribution in [3.05, 3.63) is 70.4 Å². The fraction of sp³-hybridized carbons (Fsp3) is 0.308. The summed E-state index contributed by atoms with van der Waals surface area (Å²) >= 11 is 7.44. The highest BCUT2D eigenvalue weighted by atomic mass is 35.5. The molecule has 12 heteroatoms. The van der Waals surface area contributed by atoms with Gasteiger partial charge in [0.2, 0.25) is 5.95 Å². The van der Waals surface area contributed by atoms with Gasteiger partial charge in [-0.1, -0.05) is 23.8 Å². The molecule has 2 amide bonds. The van der Waals surface area contributed by atoms with E-state index in [0.29, 0.717) is 61.5 Å². The van der Waals surface area contributed by atoms with Gasteiger partial charge in [0.05, 0.1) is 30.5 Å². The number of anilines is 3. The van der Waals surface area contributed by atoms with E-state index in [2.05, 4.69) is 14.9 Å². The Kier molecular flexibility index (Phi) is 6.73. The number of rotatable bonds is 5. The molecule has 0 spiro atoms. The first-order chi connectivity index (χ1) is 18.5. The number of nitrogens with zero attached hydrogens (tertiary/aromatic N) is 6. The minimum Gasteiger partial charge on any atom is -0.378 e. The Bertz CT molecular complexity index is 1410. The number of hydrogen-bond donors (Lipinski definition) is 1. The number of thiazole rings is 1. The number of amides is 2. The number of allylic oxidation sites excluding steroid dienone is 4. The third-order valence-corrected chi connectivity index (χ3v) is 8.26. The Morgan fingerprint density at radius 2 is 1.82 bits per heavy atom. The Labute approximate surface area is 228 Å². The van der Waals surface area contributed by atoms with E-state index in [0.717, 1.165) is 15.7 Å². The van der Waals surface area contributed by atoms with Gasteiger partial charge in [0.15, 0.2) is 11.3 Å². The number of morpholine rings is 1. The molecule has 2 fully saturated rings. The molecule has 3 aliphatic rings. The van der Waals surface area contributed by atoms with Gasteiger partial charge in [-0.25, -0.2) is 24.1 Å². The van der Waals surface area contributed by atoms with E-state index in [1.807, 2.05) is 6.08 Å². The summed E-state index contributed by atoms with van der Waals surface area (Å²) in [6.45, 7) is 3.44. The highest BCUT2D eigenvalue weighted by Crippen LogP contribution is 2.44. The first-order valence-electron chi connectivity index (χ1n) is 12.3. The molecule has 6 rings (SSSR count). The van der Waals surface area contributed by atoms with E-state index in [1.54, 1.807) is 53.6 Å². The molecule has 38 heavy (non-hydrogen) atoms. The quantitative estimate of drug-likeness (QED) is 0.497. The molecule has 0 bridgehead atoms. The number of hydrogen-bond acceptors (Lipinski definition) is 8. The van der Waals surface area contributed by atoms with Crippen LogP contribution in [0.5, 0.6) is 0 Å². The Balaban J connectivity index is 1.31. The van der Waals surface area contributed by atoms with Crippen LogP contribution in [0, 0.1) is 0 Å². The SMILES string of the molecule is Nc1nccc(-c2nc(N3CCOCC3)sc2C2C=CC=C(N3CCN(c4ccc(Cl)cc4)C3=O)C2F)n1. The zero-order chi connectivity index (χ0) is 26.2. The lowest BCUT2D eigenvalue weighted by Gasteiger charge is -2.29. The average molecular weight is 554 g/mol. The number of alkyl halides is 1. The van der Waals surface area contributed by atoms with Crippen LogP contribution in [-0.2, 0) is 4.74 Å². The van der Waals surface area contributed by atoms with Crippen molar-refractivity contribution in [3.63, 3.8) is 0 Å². The fourth-order valence-corrected chi connectivity index (χ4v) is 6.22. The van der Waals surface area contributed by atoms with Crippen LogP contribution in [0.3, 0.4) is 0 Å². The average Bonchev–Trinajstić information content (AvgIpc) is 3.54. The highest BCUT2D eigenvalue weighted by molar-refractivity contribution is 7.16. The Morgan fingerprint density at radius 3 is 2.58 bits per heavy atom. The van der Waals surface area contributed by atoms with Gasteiger partial charge in [0.25, 0.3) is 0 Å². The van der Waals surface area contributed by atoms with Gasteiger partial charge in [0, 0.05) is 48.0 Å². The monoisotopic (exact) mass is 553 g/mol. The molecule has 4 heterocycles. The number of aromatic nitrogens is 3. The van der Waals surface area contributed by atoms with Gasteiger partial charge in [-0.15, -0.1) is 11.3 Å². The minimum absolute atomic E-state index is 0.121. The summed E-state index contributed by atoms with van der Waals surface area (Å²) in [5.41, 5.74) is 8.02. The van der Waals surface area contributed by atoms with Crippen molar-refractivity contribution in [2.75, 3.05) is 54.9 Å². The normalized spacial score (nSPS) is 21.8. The first kappa shape index (κ1) is 24.8. The molecular formula is C26H25ClFN7O2S. The Hall–Kier alpha value is -3.54. The van der Waals surface area contributed by atoms with Crippen LogP contribution in [0.2, 0.25) is 5.02 Å². The summed E-state index contributed by atoms with van der Waals surface area (Å²) in [6, 6.07) is 8.51. The maximum absolute atomic E-state index is 16.4. The molecule has 2 saturated heterocycles. The van der Waals surface area contributed by atoms with E-state index in [1.165, 1.54) is 16.2 Å². The molecule has 2 N–H and O–H groups in total. The molecular weight excluding hydrogens is 529 g/mol. The van der Waals surface area contributed by atoms with Crippen LogP contribution >= 0.6 is 22.9 Å². The number of benzene rings is 1. The van der Waals surface area contributed by atoms with E-state index in [4.69, 9.17) is 27.1 Å². The second-order valence-electron chi connectivity index (χ2n) is 9.08. The van der Waals surface area contributed by atoms with Gasteiger partial charge in [-0.2, -0.15) is 0 Å². The van der Waals surface area contributed by atoms with Crippen LogP contribution in [-0.4, -0.2) is 71.4 Å². The number of carbonyl (C=O) groups is 1. The molecule has 1 aromatic carbocycles. The van der Waals surface area contributed by atoms with Crippen molar-refractivity contribution in [1.82, 2.24) is 19.9 Å². The van der Waals surface area contributed by atoms with Crippen molar-refractivity contribution >= 4 is 45.7 Å². The largest absolute Gasteiger partial charge is 0.378 e. The smallest absolute Gasteiger partial charge is 0.328 e. The summed E-state index contributed by atoms with van der Waals surface area (Å²) in [4.78, 5) is 32.6. The van der Waals surface area contributed by atoms with E-state index in [-0.39, 0.29) is 12.0 Å². The molecule has 2 aliphatic heterocycles. The molecule has 1 aliphatic carbocycles. The minimum atomic E-state index is -1.45. The van der Waals surface area contributed by atoms with Crippen molar-refractivity contribution in [3.8, 4) is 11.4 Å². The van der Waals surface area contributed by atoms with Crippen molar-refractivity contribution < 1.29 is 13.9 Å². The van der Waals surface area contributed by atoms with Gasteiger partial charge in [-0.3, -0.25) is 9.80 Å². The lowest BCUT2D eigenvalue weighted by molar-refractivity contribution is 0.122. The lowest BCUT2D eigenvalue weighted by Crippen LogP contribution is -2.36. The number of urea groups is 1. The van der Waals surface area contributed by atoms with Gasteiger partial charge in [-0.05, 0) is 36.4 Å². The molecule has 9 nitrogen and oxygen atoms in total. The number of nitrogen functional groups attached to an aromatic ring is 1. The fourth-order valence-electron chi connectivity index (χ4n) is 4.87. The number of halogens is 2. The summed E-state index contributed by atoms with van der Waals surface area (Å²) in [5, 5.41) is 1.37. The molecule has 3 aromatic rings. The predicted octanol–water partition coefficient (Wildman–Crippen LogP) is 4.49. The van der Waals surface area contributed by atoms with Crippen LogP contribution in [0.25, 0.3) is 11.4 Å². The van der Waals surface area contributed by atoms with Crippen molar-refractivity contribution in [2.45, 2.75) is 12.1 Å². The molecule has 2 aromatic heterocycles. The predicted molar refractivity (Wildman–Crippen MR) is 146 cm³/mol. The van der Waals surface area contributed by atoms with E-state index < -0.39 is 12.1 Å². The molecule has 2 atom stereocenters. The van der Waals surface area contributed by atoms with Crippen LogP contribution in [0.15, 0.2) is 60.5 Å². The standard InChI is InChI=1S/C26H25ClFN7O2S/c27-16-4-6-17(7-5-16)34-10-11-35(26(34)36)20-3-1-2-18(21(20)28)23-22(19-8-9-30-24(29)31-19)32-25(38-23)33-12-14-37-15-13-33/h1-9,18,21H,10-15H2,(H2,29,30,31). The maximum atomic E-state index is 16.4. The van der Waals surface area contributed by atoms with Crippen molar-refractivity contribution in [1.29, 1.82) is 0 Å². The summed E-state index contributed by atoms with van der Waals surface area (Å²) in [7, 11) is 0. The molecule has 196 valence electrons. The second-order valence-corrected chi connectivity index (χ2v) is 10.5. The zero-order valence-electron chi connectivity index (χ0n) is 20.3. The summed E-state index contributed by atoms with van der Waals surface area (Å²) in [5.74, 6) is -0.526. The molecule has 2 unspecified atom stereocenters. The maximum Gasteiger partial charge on any atom is 0.328 e. The van der Waals surface area contributed by atoms with E-state index in [9.17, 15) is 4.79 Å². The van der Waals surface area contributed by atoms with Crippen LogP contribution in [0.4, 0.5) is 26.0 Å². The van der Waals surface area contributed by atoms with Crippen LogP contribution < -0.4 is 15.5 Å². The number of carbonyl (C=O) groups excluding carboxylic acids is 1. The number of ether oxygens (including phenoxy) is 1. The summed E-state index contributed by atoms with van der Waals surface area (Å²) in [6.07, 6.45) is 5.41. The first-order valence-corrected chi connectivity index (χ1v) is 13.5. The van der Waals surface area contributed by atoms with Crippen LogP contribution in [0.1, 0.15) is 10.8 Å². The topological polar surface area (TPSA) is 101 Å². The lowest BCUT2D eigenvalue weighted by atomic mass is 9.92. The van der Waals surface area contributed by atoms with Crippen molar-refractivity contribution in [2.24, 2.45) is 0 Å². The van der Waals surface area contributed by atoms with E-state index >= 15 is 4.39 Å².